The van der Waals surface area contributed by atoms with E-state index in [2.05, 4.69) is 43.4 Å². The third-order valence-corrected chi connectivity index (χ3v) is 2.90. The van der Waals surface area contributed by atoms with Crippen LogP contribution in [0, 0.1) is 5.92 Å². The summed E-state index contributed by atoms with van der Waals surface area (Å²) >= 11 is 0. The summed E-state index contributed by atoms with van der Waals surface area (Å²) in [6.45, 7) is 2.28. The molecule has 0 heteroatoms. The predicted molar refractivity (Wildman–Crippen MR) is 57.5 cm³/mol. The molecule has 0 saturated heterocycles. The van der Waals surface area contributed by atoms with Gasteiger partial charge in [-0.1, -0.05) is 54.5 Å². The first-order valence-corrected chi connectivity index (χ1v) is 5.13. The van der Waals surface area contributed by atoms with E-state index in [0.29, 0.717) is 5.92 Å². The number of hydrogen-bond acceptors (Lipinski definition) is 0. The molecule has 2 aliphatic rings. The van der Waals surface area contributed by atoms with Crippen molar-refractivity contribution in [1.82, 2.24) is 0 Å². The SMILES string of the molecule is CCC(C1=CC=CC1)C1=CC=CC1. The fourth-order valence-electron chi connectivity index (χ4n) is 2.21. The molecule has 2 aliphatic carbocycles. The van der Waals surface area contributed by atoms with Gasteiger partial charge >= 0.3 is 0 Å². The summed E-state index contributed by atoms with van der Waals surface area (Å²) < 4.78 is 0. The Labute approximate surface area is 80.3 Å². The highest BCUT2D eigenvalue weighted by Crippen LogP contribution is 2.32. The van der Waals surface area contributed by atoms with Crippen LogP contribution in [0.3, 0.4) is 0 Å². The van der Waals surface area contributed by atoms with E-state index in [1.807, 2.05) is 0 Å². The average Bonchev–Trinajstić information content (AvgIpc) is 2.76. The third-order valence-electron chi connectivity index (χ3n) is 2.90. The molecule has 0 bridgehead atoms. The molecular weight excluding hydrogens is 156 g/mol. The van der Waals surface area contributed by atoms with Gasteiger partial charge in [-0.25, -0.2) is 0 Å². The van der Waals surface area contributed by atoms with Gasteiger partial charge in [0.15, 0.2) is 0 Å². The van der Waals surface area contributed by atoms with Crippen LogP contribution < -0.4 is 0 Å². The molecule has 68 valence electrons. The van der Waals surface area contributed by atoms with Gasteiger partial charge in [-0.05, 0) is 19.3 Å². The maximum atomic E-state index is 2.29. The summed E-state index contributed by atoms with van der Waals surface area (Å²) in [7, 11) is 0. The quantitative estimate of drug-likeness (QED) is 0.607. The van der Waals surface area contributed by atoms with E-state index in [0.717, 1.165) is 12.8 Å². The second kappa shape index (κ2) is 3.78. The molecule has 13 heavy (non-hydrogen) atoms. The topological polar surface area (TPSA) is 0 Å². The van der Waals surface area contributed by atoms with Crippen LogP contribution in [0.15, 0.2) is 47.6 Å². The van der Waals surface area contributed by atoms with Crippen molar-refractivity contribution >= 4 is 0 Å². The number of rotatable bonds is 3. The van der Waals surface area contributed by atoms with E-state index in [1.54, 1.807) is 11.1 Å². The summed E-state index contributed by atoms with van der Waals surface area (Å²) in [5.74, 6) is 0.699. The van der Waals surface area contributed by atoms with E-state index in [-0.39, 0.29) is 0 Å². The maximum Gasteiger partial charge on any atom is 0.00168 e. The van der Waals surface area contributed by atoms with Gasteiger partial charge in [-0.2, -0.15) is 0 Å². The summed E-state index contributed by atoms with van der Waals surface area (Å²) in [6.07, 6.45) is 17.0. The van der Waals surface area contributed by atoms with Crippen LogP contribution in [0.2, 0.25) is 0 Å². The van der Waals surface area contributed by atoms with Crippen LogP contribution in [-0.4, -0.2) is 0 Å². The van der Waals surface area contributed by atoms with Gasteiger partial charge in [-0.15, -0.1) is 0 Å². The molecule has 0 fully saturated rings. The van der Waals surface area contributed by atoms with Crippen LogP contribution in [-0.2, 0) is 0 Å². The summed E-state index contributed by atoms with van der Waals surface area (Å²) in [4.78, 5) is 0. The van der Waals surface area contributed by atoms with Crippen molar-refractivity contribution in [3.8, 4) is 0 Å². The summed E-state index contributed by atoms with van der Waals surface area (Å²) in [5.41, 5.74) is 3.19. The highest BCUT2D eigenvalue weighted by molar-refractivity contribution is 5.35. The summed E-state index contributed by atoms with van der Waals surface area (Å²) in [5, 5.41) is 0. The predicted octanol–water partition coefficient (Wildman–Crippen LogP) is 3.79. The smallest absolute Gasteiger partial charge is 0.00168 e. The van der Waals surface area contributed by atoms with Gasteiger partial charge in [0.25, 0.3) is 0 Å². The molecule has 0 aromatic carbocycles. The molecule has 0 N–H and O–H groups in total. The Morgan fingerprint density at radius 1 is 1.08 bits per heavy atom. The van der Waals surface area contributed by atoms with Gasteiger partial charge in [-0.3, -0.25) is 0 Å². The van der Waals surface area contributed by atoms with Crippen molar-refractivity contribution in [3.63, 3.8) is 0 Å². The van der Waals surface area contributed by atoms with Gasteiger partial charge in [0.2, 0.25) is 0 Å². The van der Waals surface area contributed by atoms with Gasteiger partial charge in [0.05, 0.1) is 0 Å². The zero-order valence-electron chi connectivity index (χ0n) is 8.16. The zero-order chi connectivity index (χ0) is 9.10. The molecule has 0 aromatic heterocycles. The molecule has 0 nitrogen and oxygen atoms in total. The van der Waals surface area contributed by atoms with Crippen LogP contribution in [0.25, 0.3) is 0 Å². The van der Waals surface area contributed by atoms with Crippen molar-refractivity contribution in [3.05, 3.63) is 47.6 Å². The van der Waals surface area contributed by atoms with E-state index >= 15 is 0 Å². The highest BCUT2D eigenvalue weighted by atomic mass is 14.2. The van der Waals surface area contributed by atoms with Crippen molar-refractivity contribution < 1.29 is 0 Å². The fourth-order valence-corrected chi connectivity index (χ4v) is 2.21. The minimum atomic E-state index is 0.699. The van der Waals surface area contributed by atoms with E-state index < -0.39 is 0 Å². The van der Waals surface area contributed by atoms with E-state index in [4.69, 9.17) is 0 Å². The van der Waals surface area contributed by atoms with Crippen molar-refractivity contribution in [1.29, 1.82) is 0 Å². The first-order valence-electron chi connectivity index (χ1n) is 5.13. The third kappa shape index (κ3) is 1.67. The number of hydrogen-bond donors (Lipinski definition) is 0. The van der Waals surface area contributed by atoms with Crippen LogP contribution >= 0.6 is 0 Å². The Morgan fingerprint density at radius 3 is 1.92 bits per heavy atom. The second-order valence-corrected chi connectivity index (χ2v) is 3.71. The molecular formula is C13H16. The van der Waals surface area contributed by atoms with Crippen LogP contribution in [0.5, 0.6) is 0 Å². The second-order valence-electron chi connectivity index (χ2n) is 3.71. The Bertz CT molecular complexity index is 270. The lowest BCUT2D eigenvalue weighted by Gasteiger charge is -2.17. The van der Waals surface area contributed by atoms with Crippen LogP contribution in [0.4, 0.5) is 0 Å². The Hall–Kier alpha value is -1.04. The highest BCUT2D eigenvalue weighted by Gasteiger charge is 2.17. The minimum absolute atomic E-state index is 0.699. The fraction of sp³-hybridized carbons (Fsp3) is 0.385. The molecule has 0 aliphatic heterocycles. The molecule has 0 saturated carbocycles. The first-order chi connectivity index (χ1) is 6.42. The van der Waals surface area contributed by atoms with Gasteiger partial charge < -0.3 is 0 Å². The van der Waals surface area contributed by atoms with Crippen molar-refractivity contribution in [2.24, 2.45) is 5.92 Å². The number of allylic oxidation sites excluding steroid dienone is 8. The van der Waals surface area contributed by atoms with Gasteiger partial charge in [0.1, 0.15) is 0 Å². The Balaban J connectivity index is 2.09. The molecule has 0 atom stereocenters. The zero-order valence-corrected chi connectivity index (χ0v) is 8.16. The lowest BCUT2D eigenvalue weighted by Crippen LogP contribution is -2.04. The molecule has 0 radical (unpaired) electrons. The standard InChI is InChI=1S/C13H16/c1-2-13(11-7-3-4-8-11)12-9-5-6-10-12/h3-7,9,13H,2,8,10H2,1H3. The Morgan fingerprint density at radius 2 is 1.62 bits per heavy atom. The average molecular weight is 172 g/mol. The molecule has 0 spiro atoms. The molecule has 0 aromatic rings. The van der Waals surface area contributed by atoms with Gasteiger partial charge in [0, 0.05) is 5.92 Å². The van der Waals surface area contributed by atoms with Crippen LogP contribution in [0.1, 0.15) is 26.2 Å². The Kier molecular flexibility index (Phi) is 2.49. The van der Waals surface area contributed by atoms with E-state index in [9.17, 15) is 0 Å². The molecule has 0 heterocycles. The summed E-state index contributed by atoms with van der Waals surface area (Å²) in [6, 6.07) is 0. The molecule has 0 amide bonds. The maximum absolute atomic E-state index is 2.29. The largest absolute Gasteiger partial charge is 0.0804 e. The molecule has 2 rings (SSSR count). The first kappa shape index (κ1) is 8.55. The minimum Gasteiger partial charge on any atom is -0.0804 e. The van der Waals surface area contributed by atoms with Crippen molar-refractivity contribution in [2.45, 2.75) is 26.2 Å². The lowest BCUT2D eigenvalue weighted by molar-refractivity contribution is 0.664. The monoisotopic (exact) mass is 172 g/mol. The lowest BCUT2D eigenvalue weighted by atomic mass is 9.87. The normalized spacial score (nSPS) is 19.8. The van der Waals surface area contributed by atoms with E-state index in [1.165, 1.54) is 6.42 Å². The van der Waals surface area contributed by atoms with Crippen molar-refractivity contribution in [2.75, 3.05) is 0 Å². The molecule has 0 unspecified atom stereocenters.